The van der Waals surface area contributed by atoms with Gasteiger partial charge in [0.15, 0.2) is 49.4 Å². The fourth-order valence-corrected chi connectivity index (χ4v) is 4.60. The fraction of sp³-hybridized carbons (Fsp3) is 0.400. The van der Waals surface area contributed by atoms with Gasteiger partial charge in [-0.1, -0.05) is 12.1 Å². The molecule has 0 saturated heterocycles. The molecule has 2 aromatic carbocycles. The molecule has 2 aromatic rings. The molecule has 0 heterocycles. The second-order valence-corrected chi connectivity index (χ2v) is 9.16. The van der Waals surface area contributed by atoms with Gasteiger partial charge >= 0.3 is 24.7 Å². The molecular weight excluding hydrogens is 596 g/mol. The van der Waals surface area contributed by atoms with E-state index in [-0.39, 0.29) is 9.79 Å². The Balaban J connectivity index is 2.37. The lowest BCUT2D eigenvalue weighted by Crippen LogP contribution is -2.22. The zero-order chi connectivity index (χ0) is 28.8. The van der Waals surface area contributed by atoms with Crippen molar-refractivity contribution in [3.63, 3.8) is 0 Å². The lowest BCUT2D eigenvalue weighted by molar-refractivity contribution is -0.158. The van der Waals surface area contributed by atoms with E-state index in [1.165, 1.54) is 0 Å². The van der Waals surface area contributed by atoms with Crippen LogP contribution in [0, 0.1) is 0 Å². The molecule has 0 unspecified atom stereocenters. The van der Waals surface area contributed by atoms with Crippen LogP contribution in [0.15, 0.2) is 46.2 Å². The van der Waals surface area contributed by atoms with Crippen LogP contribution in [0.5, 0.6) is 23.0 Å². The molecule has 214 valence electrons. The maximum Gasteiger partial charge on any atom is 0.422 e. The minimum absolute atomic E-state index is 0.248. The maximum atomic E-state index is 12.7. The van der Waals surface area contributed by atoms with Crippen molar-refractivity contribution in [3.8, 4) is 23.0 Å². The Morgan fingerprint density at radius 2 is 0.737 bits per heavy atom. The van der Waals surface area contributed by atoms with Crippen LogP contribution in [-0.4, -0.2) is 51.1 Å². The van der Waals surface area contributed by atoms with Crippen molar-refractivity contribution in [2.24, 2.45) is 0 Å². The lowest BCUT2D eigenvalue weighted by Gasteiger charge is -2.19. The molecule has 0 aliphatic rings. The van der Waals surface area contributed by atoms with E-state index >= 15 is 0 Å². The Morgan fingerprint density at radius 1 is 0.447 bits per heavy atom. The molecule has 0 radical (unpaired) electrons. The standard InChI is InChI=1S/C20H14F12O4S2/c21-17(22,23)7-33-11-3-1-5-13(15(11)35-9-19(27,28)29)37-38-14-6-2-4-12(34-8-18(24,25)26)16(14)36-10-20(30,31)32/h1-6H,7-10H2. The predicted molar refractivity (Wildman–Crippen MR) is 111 cm³/mol. The number of benzene rings is 2. The first-order chi connectivity index (χ1) is 17.3. The number of alkyl halides is 12. The van der Waals surface area contributed by atoms with E-state index < -0.39 is 74.1 Å². The second-order valence-electron chi connectivity index (χ2n) is 6.95. The molecule has 2 rings (SSSR count). The minimum atomic E-state index is -4.89. The van der Waals surface area contributed by atoms with Gasteiger partial charge in [-0.25, -0.2) is 0 Å². The zero-order valence-electron chi connectivity index (χ0n) is 18.3. The summed E-state index contributed by atoms with van der Waals surface area (Å²) in [5, 5.41) is 0. The molecule has 0 atom stereocenters. The van der Waals surface area contributed by atoms with Crippen LogP contribution < -0.4 is 18.9 Å². The van der Waals surface area contributed by atoms with Crippen molar-refractivity contribution in [2.75, 3.05) is 26.4 Å². The highest BCUT2D eigenvalue weighted by Crippen LogP contribution is 2.50. The summed E-state index contributed by atoms with van der Waals surface area (Å²) in [5.74, 6) is -2.94. The van der Waals surface area contributed by atoms with Crippen LogP contribution in [0.25, 0.3) is 0 Å². The Hall–Kier alpha value is -2.50. The normalized spacial score (nSPS) is 12.8. The number of ether oxygens (including phenoxy) is 4. The van der Waals surface area contributed by atoms with Crippen molar-refractivity contribution < 1.29 is 71.6 Å². The summed E-state index contributed by atoms with van der Waals surface area (Å²) in [6.45, 7) is -7.58. The topological polar surface area (TPSA) is 36.9 Å². The zero-order valence-corrected chi connectivity index (χ0v) is 19.9. The van der Waals surface area contributed by atoms with Crippen LogP contribution in [0.2, 0.25) is 0 Å². The van der Waals surface area contributed by atoms with E-state index in [4.69, 9.17) is 0 Å². The Bertz CT molecular complexity index is 969. The van der Waals surface area contributed by atoms with Crippen molar-refractivity contribution in [2.45, 2.75) is 34.5 Å². The number of hydrogen-bond donors (Lipinski definition) is 0. The molecule has 0 saturated carbocycles. The quantitative estimate of drug-likeness (QED) is 0.189. The molecule has 0 aliphatic carbocycles. The second kappa shape index (κ2) is 12.6. The number of halogens is 12. The van der Waals surface area contributed by atoms with E-state index in [9.17, 15) is 52.7 Å². The summed E-state index contributed by atoms with van der Waals surface area (Å²) in [6, 6.07) is 6.25. The molecule has 0 spiro atoms. The van der Waals surface area contributed by atoms with E-state index in [1.54, 1.807) is 0 Å². The monoisotopic (exact) mass is 610 g/mol. The van der Waals surface area contributed by atoms with Gasteiger partial charge in [-0.15, -0.1) is 0 Å². The van der Waals surface area contributed by atoms with Crippen LogP contribution >= 0.6 is 21.6 Å². The van der Waals surface area contributed by atoms with Gasteiger partial charge in [0, 0.05) is 0 Å². The first-order valence-electron chi connectivity index (χ1n) is 9.72. The summed E-state index contributed by atoms with van der Waals surface area (Å²) in [6.07, 6.45) is -19.5. The van der Waals surface area contributed by atoms with Crippen molar-refractivity contribution >= 4 is 21.6 Å². The molecule has 0 aliphatic heterocycles. The summed E-state index contributed by atoms with van der Waals surface area (Å²) in [4.78, 5) is -0.496. The van der Waals surface area contributed by atoms with E-state index in [2.05, 4.69) is 18.9 Å². The van der Waals surface area contributed by atoms with Crippen LogP contribution in [-0.2, 0) is 0 Å². The Kier molecular flexibility index (Phi) is 10.5. The SMILES string of the molecule is FC(F)(F)COc1cccc(SSc2cccc(OCC(F)(F)F)c2OCC(F)(F)F)c1OCC(F)(F)F. The van der Waals surface area contributed by atoms with Gasteiger partial charge in [0.25, 0.3) is 0 Å². The van der Waals surface area contributed by atoms with Gasteiger partial charge in [-0.2, -0.15) is 52.7 Å². The number of para-hydroxylation sites is 2. The molecule has 0 aromatic heterocycles. The molecule has 4 nitrogen and oxygen atoms in total. The average molecular weight is 610 g/mol. The van der Waals surface area contributed by atoms with Gasteiger partial charge in [0.2, 0.25) is 0 Å². The smallest absolute Gasteiger partial charge is 0.422 e. The molecule has 18 heteroatoms. The first-order valence-corrected chi connectivity index (χ1v) is 11.9. The molecule has 0 bridgehead atoms. The maximum absolute atomic E-state index is 12.7. The Morgan fingerprint density at radius 3 is 1.03 bits per heavy atom. The predicted octanol–water partition coefficient (Wildman–Crippen LogP) is 8.25. The van der Waals surface area contributed by atoms with Crippen LogP contribution in [0.4, 0.5) is 52.7 Å². The van der Waals surface area contributed by atoms with Crippen molar-refractivity contribution in [1.82, 2.24) is 0 Å². The van der Waals surface area contributed by atoms with E-state index in [0.717, 1.165) is 36.4 Å². The van der Waals surface area contributed by atoms with Gasteiger partial charge < -0.3 is 18.9 Å². The molecule has 0 fully saturated rings. The third-order valence-corrected chi connectivity index (χ3v) is 6.06. The Labute approximate surface area is 213 Å². The third kappa shape index (κ3) is 11.9. The largest absolute Gasteiger partial charge is 0.480 e. The van der Waals surface area contributed by atoms with Gasteiger partial charge in [-0.05, 0) is 45.9 Å². The van der Waals surface area contributed by atoms with Crippen LogP contribution in [0.3, 0.4) is 0 Å². The fourth-order valence-electron chi connectivity index (χ4n) is 2.35. The lowest BCUT2D eigenvalue weighted by atomic mass is 10.3. The highest BCUT2D eigenvalue weighted by atomic mass is 33.1. The summed E-state index contributed by atoms with van der Waals surface area (Å²) < 4.78 is 170. The van der Waals surface area contributed by atoms with E-state index in [1.807, 2.05) is 0 Å². The average Bonchev–Trinajstić information content (AvgIpc) is 2.75. The van der Waals surface area contributed by atoms with Gasteiger partial charge in [0.05, 0.1) is 9.79 Å². The molecule has 0 N–H and O–H groups in total. The van der Waals surface area contributed by atoms with Gasteiger partial charge in [-0.3, -0.25) is 0 Å². The summed E-state index contributed by atoms with van der Waals surface area (Å²) in [7, 11) is 1.00. The van der Waals surface area contributed by atoms with Crippen molar-refractivity contribution in [1.29, 1.82) is 0 Å². The molecule has 38 heavy (non-hydrogen) atoms. The minimum Gasteiger partial charge on any atom is -0.480 e. The summed E-state index contributed by atoms with van der Waals surface area (Å²) in [5.41, 5.74) is 0. The summed E-state index contributed by atoms with van der Waals surface area (Å²) >= 11 is 0. The van der Waals surface area contributed by atoms with Crippen molar-refractivity contribution in [3.05, 3.63) is 36.4 Å². The van der Waals surface area contributed by atoms with Crippen LogP contribution in [0.1, 0.15) is 0 Å². The third-order valence-electron chi connectivity index (χ3n) is 3.65. The number of hydrogen-bond acceptors (Lipinski definition) is 6. The molecule has 0 amide bonds. The first kappa shape index (κ1) is 31.7. The van der Waals surface area contributed by atoms with E-state index in [0.29, 0.717) is 21.6 Å². The van der Waals surface area contributed by atoms with Gasteiger partial charge in [0.1, 0.15) is 0 Å². The highest BCUT2D eigenvalue weighted by Gasteiger charge is 2.33. The highest BCUT2D eigenvalue weighted by molar-refractivity contribution is 8.76. The molecular formula is C20H14F12O4S2. The number of rotatable bonds is 11.